The van der Waals surface area contributed by atoms with Crippen molar-refractivity contribution in [1.29, 1.82) is 0 Å². The van der Waals surface area contributed by atoms with E-state index < -0.39 is 11.5 Å². The lowest BCUT2D eigenvalue weighted by Gasteiger charge is -2.70. The van der Waals surface area contributed by atoms with Crippen LogP contribution in [-0.2, 0) is 23.9 Å². The Kier molecular flexibility index (Phi) is 6.59. The van der Waals surface area contributed by atoms with Gasteiger partial charge in [-0.2, -0.15) is 0 Å². The fraction of sp³-hybridized carbons (Fsp3) is 0.833. The van der Waals surface area contributed by atoms with Crippen molar-refractivity contribution in [3.8, 4) is 0 Å². The number of ketones is 1. The van der Waals surface area contributed by atoms with Gasteiger partial charge in [0.15, 0.2) is 5.78 Å². The van der Waals surface area contributed by atoms with E-state index in [2.05, 4.69) is 34.6 Å². The van der Waals surface area contributed by atoms with E-state index in [9.17, 15) is 14.4 Å². The Morgan fingerprint density at radius 1 is 0.857 bits per heavy atom. The van der Waals surface area contributed by atoms with Crippen LogP contribution in [0.5, 0.6) is 0 Å². The van der Waals surface area contributed by atoms with Gasteiger partial charge >= 0.3 is 11.9 Å². The summed E-state index contributed by atoms with van der Waals surface area (Å²) in [6.45, 7) is 16.4. The van der Waals surface area contributed by atoms with Crippen LogP contribution in [-0.4, -0.2) is 29.9 Å². The summed E-state index contributed by atoms with van der Waals surface area (Å²) < 4.78 is 11.8. The third kappa shape index (κ3) is 4.00. The standard InChI is InChI=1S/C30H46O5/c1-9-27(5)12-10-13-28(6)23(27)11-14-29(7)24-15-22(34-19(3)32)21(18(2)31)17-30(24,8)26(16-25(28)29)35-20(4)33/h17,22-26H,9-16H2,1-8H3. The zero-order valence-electron chi connectivity index (χ0n) is 23.2. The number of hydrogen-bond donors (Lipinski definition) is 0. The van der Waals surface area contributed by atoms with Gasteiger partial charge < -0.3 is 9.47 Å². The van der Waals surface area contributed by atoms with Gasteiger partial charge in [-0.3, -0.25) is 14.4 Å². The van der Waals surface area contributed by atoms with E-state index in [0.717, 1.165) is 12.8 Å². The SMILES string of the molecule is CCC1(C)CCCC2(C)C1CCC1(C)C3CC(OC(C)=O)C(C(C)=O)=CC3(C)C(OC(C)=O)CC21. The van der Waals surface area contributed by atoms with Crippen LogP contribution in [0.25, 0.3) is 0 Å². The maximum absolute atomic E-state index is 12.7. The van der Waals surface area contributed by atoms with E-state index >= 15 is 0 Å². The minimum absolute atomic E-state index is 0.0137. The fourth-order valence-corrected chi connectivity index (χ4v) is 9.78. The first-order valence-corrected chi connectivity index (χ1v) is 13.8. The van der Waals surface area contributed by atoms with Crippen molar-refractivity contribution in [3.63, 3.8) is 0 Å². The summed E-state index contributed by atoms with van der Waals surface area (Å²) in [6.07, 6.45) is 9.92. The van der Waals surface area contributed by atoms with Crippen molar-refractivity contribution < 1.29 is 23.9 Å². The Morgan fingerprint density at radius 2 is 1.49 bits per heavy atom. The van der Waals surface area contributed by atoms with E-state index in [-0.39, 0.29) is 40.6 Å². The molecule has 0 aromatic carbocycles. The molecule has 4 aliphatic rings. The highest BCUT2D eigenvalue weighted by Crippen LogP contribution is 2.72. The molecule has 0 saturated heterocycles. The second-order valence-electron chi connectivity index (χ2n) is 13.3. The van der Waals surface area contributed by atoms with Gasteiger partial charge in [0.05, 0.1) is 0 Å². The molecular formula is C30H46O5. The Bertz CT molecular complexity index is 937. The summed E-state index contributed by atoms with van der Waals surface area (Å²) in [5, 5.41) is 0. The number of esters is 2. The molecule has 9 atom stereocenters. The average Bonchev–Trinajstić information content (AvgIpc) is 2.75. The Balaban J connectivity index is 1.85. The Labute approximate surface area is 211 Å². The number of hydrogen-bond acceptors (Lipinski definition) is 5. The molecule has 0 aromatic rings. The molecule has 0 amide bonds. The zero-order valence-corrected chi connectivity index (χ0v) is 23.2. The second-order valence-corrected chi connectivity index (χ2v) is 13.3. The summed E-state index contributed by atoms with van der Waals surface area (Å²) >= 11 is 0. The number of rotatable bonds is 4. The molecule has 0 bridgehead atoms. The predicted molar refractivity (Wildman–Crippen MR) is 135 cm³/mol. The molecule has 4 aliphatic carbocycles. The number of Topliss-reactive ketones (excluding diaryl/α,β-unsaturated/α-hetero) is 1. The molecule has 196 valence electrons. The van der Waals surface area contributed by atoms with Crippen LogP contribution in [0.3, 0.4) is 0 Å². The highest BCUT2D eigenvalue weighted by atomic mass is 16.5. The summed E-state index contributed by atoms with van der Waals surface area (Å²) in [7, 11) is 0. The van der Waals surface area contributed by atoms with Crippen LogP contribution in [0.1, 0.15) is 107 Å². The van der Waals surface area contributed by atoms with Crippen LogP contribution in [0.2, 0.25) is 0 Å². The first kappa shape index (κ1) is 26.4. The maximum Gasteiger partial charge on any atom is 0.303 e. The highest BCUT2D eigenvalue weighted by molar-refractivity contribution is 5.95. The summed E-state index contributed by atoms with van der Waals surface area (Å²) in [6, 6.07) is 0. The number of carbonyl (C=O) groups excluding carboxylic acids is 3. The molecular weight excluding hydrogens is 440 g/mol. The minimum atomic E-state index is -0.533. The highest BCUT2D eigenvalue weighted by Gasteiger charge is 2.68. The summed E-state index contributed by atoms with van der Waals surface area (Å²) in [5.74, 6) is 0.516. The van der Waals surface area contributed by atoms with Crippen molar-refractivity contribution >= 4 is 17.7 Å². The van der Waals surface area contributed by atoms with Crippen molar-refractivity contribution in [2.75, 3.05) is 0 Å². The summed E-state index contributed by atoms with van der Waals surface area (Å²) in [5.41, 5.74) is 0.618. The van der Waals surface area contributed by atoms with Crippen LogP contribution in [0.15, 0.2) is 11.6 Å². The molecule has 35 heavy (non-hydrogen) atoms. The molecule has 0 spiro atoms. The molecule has 9 unspecified atom stereocenters. The van der Waals surface area contributed by atoms with Gasteiger partial charge in [0.25, 0.3) is 0 Å². The predicted octanol–water partition coefficient (Wildman–Crippen LogP) is 6.43. The molecule has 0 heterocycles. The lowest BCUT2D eigenvalue weighted by atomic mass is 9.35. The Morgan fingerprint density at radius 3 is 2.06 bits per heavy atom. The molecule has 3 saturated carbocycles. The zero-order chi connectivity index (χ0) is 26.0. The van der Waals surface area contributed by atoms with Crippen LogP contribution < -0.4 is 0 Å². The van der Waals surface area contributed by atoms with E-state index in [1.807, 2.05) is 6.08 Å². The van der Waals surface area contributed by atoms with Crippen LogP contribution in [0, 0.1) is 39.4 Å². The van der Waals surface area contributed by atoms with Crippen LogP contribution >= 0.6 is 0 Å². The molecule has 5 heteroatoms. The molecule has 5 nitrogen and oxygen atoms in total. The molecule has 4 rings (SSSR count). The van der Waals surface area contributed by atoms with Gasteiger partial charge in [-0.25, -0.2) is 0 Å². The molecule has 0 N–H and O–H groups in total. The lowest BCUT2D eigenvalue weighted by molar-refractivity contribution is -0.229. The number of fused-ring (bicyclic) bond motifs is 5. The quantitative estimate of drug-likeness (QED) is 0.428. The fourth-order valence-electron chi connectivity index (χ4n) is 9.78. The number of ether oxygens (including phenoxy) is 2. The third-order valence-electron chi connectivity index (χ3n) is 11.4. The minimum Gasteiger partial charge on any atom is -0.462 e. The second kappa shape index (κ2) is 8.73. The third-order valence-corrected chi connectivity index (χ3v) is 11.4. The van der Waals surface area contributed by atoms with Crippen molar-refractivity contribution in [1.82, 2.24) is 0 Å². The van der Waals surface area contributed by atoms with Crippen molar-refractivity contribution in [2.45, 2.75) is 119 Å². The summed E-state index contributed by atoms with van der Waals surface area (Å²) in [4.78, 5) is 37.0. The van der Waals surface area contributed by atoms with Crippen molar-refractivity contribution in [3.05, 3.63) is 11.6 Å². The van der Waals surface area contributed by atoms with E-state index in [1.165, 1.54) is 46.0 Å². The van der Waals surface area contributed by atoms with Gasteiger partial charge in [-0.15, -0.1) is 0 Å². The van der Waals surface area contributed by atoms with E-state index in [0.29, 0.717) is 29.2 Å². The van der Waals surface area contributed by atoms with Crippen LogP contribution in [0.4, 0.5) is 0 Å². The van der Waals surface area contributed by atoms with Gasteiger partial charge in [0.2, 0.25) is 0 Å². The number of carbonyl (C=O) groups is 3. The van der Waals surface area contributed by atoms with Crippen molar-refractivity contribution in [2.24, 2.45) is 39.4 Å². The van der Waals surface area contributed by atoms with Gasteiger partial charge in [0, 0.05) is 24.8 Å². The smallest absolute Gasteiger partial charge is 0.303 e. The first-order valence-electron chi connectivity index (χ1n) is 13.8. The van der Waals surface area contributed by atoms with Gasteiger partial charge in [-0.1, -0.05) is 53.5 Å². The largest absolute Gasteiger partial charge is 0.462 e. The Hall–Kier alpha value is -1.65. The molecule has 0 aromatic heterocycles. The maximum atomic E-state index is 12.7. The molecule has 3 fully saturated rings. The molecule has 0 radical (unpaired) electrons. The normalized spacial score (nSPS) is 46.9. The lowest BCUT2D eigenvalue weighted by Crippen LogP contribution is -2.66. The topological polar surface area (TPSA) is 69.7 Å². The monoisotopic (exact) mass is 486 g/mol. The first-order chi connectivity index (χ1) is 16.2. The van der Waals surface area contributed by atoms with E-state index in [4.69, 9.17) is 9.47 Å². The van der Waals surface area contributed by atoms with Gasteiger partial charge in [0.1, 0.15) is 12.2 Å². The van der Waals surface area contributed by atoms with Gasteiger partial charge in [-0.05, 0) is 79.4 Å². The average molecular weight is 487 g/mol. The molecule has 0 aliphatic heterocycles. The van der Waals surface area contributed by atoms with E-state index in [1.54, 1.807) is 6.92 Å².